The SMILES string of the molecule is CCC1CCCCN1C(=O)c1cn(CCc2ccccn2)cc(C(=O)NCc2ccc(C)cc2)c1=O. The molecule has 0 radical (unpaired) electrons. The van der Waals surface area contributed by atoms with Gasteiger partial charge in [0, 0.05) is 56.4 Å². The second-order valence-electron chi connectivity index (χ2n) is 9.45. The second-order valence-corrected chi connectivity index (χ2v) is 9.45. The van der Waals surface area contributed by atoms with Crippen LogP contribution in [0.4, 0.5) is 0 Å². The van der Waals surface area contributed by atoms with Crippen LogP contribution >= 0.6 is 0 Å². The largest absolute Gasteiger partial charge is 0.352 e. The summed E-state index contributed by atoms with van der Waals surface area (Å²) in [5.41, 5.74) is 2.50. The van der Waals surface area contributed by atoms with Crippen LogP contribution in [0.15, 0.2) is 65.8 Å². The fraction of sp³-hybridized carbons (Fsp3) is 0.379. The number of hydrogen-bond donors (Lipinski definition) is 1. The third-order valence-corrected chi connectivity index (χ3v) is 6.84. The Balaban J connectivity index is 1.62. The minimum absolute atomic E-state index is 0.0148. The van der Waals surface area contributed by atoms with Crippen LogP contribution in [0, 0.1) is 6.92 Å². The number of nitrogens with one attached hydrogen (secondary N) is 1. The molecule has 1 N–H and O–H groups in total. The van der Waals surface area contributed by atoms with E-state index in [9.17, 15) is 14.4 Å². The van der Waals surface area contributed by atoms with Crippen LogP contribution in [-0.2, 0) is 19.5 Å². The van der Waals surface area contributed by atoms with Gasteiger partial charge in [-0.25, -0.2) is 0 Å². The van der Waals surface area contributed by atoms with Gasteiger partial charge in [-0.15, -0.1) is 0 Å². The summed E-state index contributed by atoms with van der Waals surface area (Å²) in [6.45, 7) is 5.50. The Bertz CT molecular complexity index is 1250. The molecule has 3 aromatic rings. The number of benzene rings is 1. The molecule has 2 amide bonds. The van der Waals surface area contributed by atoms with E-state index in [-0.39, 0.29) is 23.1 Å². The lowest BCUT2D eigenvalue weighted by atomic mass is 9.98. The third kappa shape index (κ3) is 6.08. The van der Waals surface area contributed by atoms with Crippen LogP contribution in [0.3, 0.4) is 0 Å². The molecule has 188 valence electrons. The highest BCUT2D eigenvalue weighted by Gasteiger charge is 2.29. The Labute approximate surface area is 212 Å². The van der Waals surface area contributed by atoms with Crippen LogP contribution in [0.5, 0.6) is 0 Å². The number of aromatic nitrogens is 2. The molecule has 1 atom stereocenters. The van der Waals surface area contributed by atoms with Gasteiger partial charge in [0.25, 0.3) is 11.8 Å². The Hall–Kier alpha value is -3.74. The van der Waals surface area contributed by atoms with E-state index in [1.54, 1.807) is 23.2 Å². The molecule has 3 heterocycles. The zero-order valence-corrected chi connectivity index (χ0v) is 21.1. The van der Waals surface area contributed by atoms with Gasteiger partial charge in [0.15, 0.2) is 0 Å². The first kappa shape index (κ1) is 25.4. The maximum Gasteiger partial charge on any atom is 0.259 e. The quantitative estimate of drug-likeness (QED) is 0.519. The van der Waals surface area contributed by atoms with Crippen molar-refractivity contribution in [3.8, 4) is 0 Å². The standard InChI is InChI=1S/C29H34N4O3/c1-3-24-9-5-7-16-33(24)29(36)26-20-32(17-14-23-8-4-6-15-30-23)19-25(27(26)34)28(35)31-18-22-12-10-21(2)11-13-22/h4,6,8,10-13,15,19-20,24H,3,5,7,9,14,16-18H2,1-2H3,(H,31,35). The zero-order valence-electron chi connectivity index (χ0n) is 21.1. The van der Waals surface area contributed by atoms with Gasteiger partial charge in [0.1, 0.15) is 11.1 Å². The molecule has 0 spiro atoms. The summed E-state index contributed by atoms with van der Waals surface area (Å²) in [4.78, 5) is 46.3. The van der Waals surface area contributed by atoms with Crippen LogP contribution in [0.1, 0.15) is 70.1 Å². The van der Waals surface area contributed by atoms with Crippen molar-refractivity contribution in [3.63, 3.8) is 0 Å². The van der Waals surface area contributed by atoms with E-state index in [1.807, 2.05) is 54.3 Å². The maximum absolute atomic E-state index is 13.6. The summed E-state index contributed by atoms with van der Waals surface area (Å²) in [7, 11) is 0. The van der Waals surface area contributed by atoms with Crippen LogP contribution in [-0.4, -0.2) is 38.9 Å². The Morgan fingerprint density at radius 2 is 1.83 bits per heavy atom. The number of piperidine rings is 1. The van der Waals surface area contributed by atoms with E-state index >= 15 is 0 Å². The number of hydrogen-bond acceptors (Lipinski definition) is 4. The maximum atomic E-state index is 13.6. The molecule has 0 saturated carbocycles. The smallest absolute Gasteiger partial charge is 0.259 e. The molecule has 1 fully saturated rings. The van der Waals surface area contributed by atoms with Gasteiger partial charge in [-0.3, -0.25) is 19.4 Å². The van der Waals surface area contributed by atoms with E-state index in [1.165, 1.54) is 0 Å². The zero-order chi connectivity index (χ0) is 25.5. The van der Waals surface area contributed by atoms with Gasteiger partial charge in [-0.1, -0.05) is 42.8 Å². The number of amides is 2. The molecule has 0 bridgehead atoms. The molecular formula is C29H34N4O3. The molecule has 1 aliphatic heterocycles. The molecule has 1 aliphatic rings. The van der Waals surface area contributed by atoms with Gasteiger partial charge in [0.05, 0.1) is 0 Å². The van der Waals surface area contributed by atoms with Crippen molar-refractivity contribution >= 4 is 11.8 Å². The average Bonchev–Trinajstić information content (AvgIpc) is 2.92. The predicted molar refractivity (Wildman–Crippen MR) is 140 cm³/mol. The van der Waals surface area contributed by atoms with Gasteiger partial charge in [-0.05, 0) is 50.3 Å². The molecule has 7 nitrogen and oxygen atoms in total. The molecule has 4 rings (SSSR count). The summed E-state index contributed by atoms with van der Waals surface area (Å²) in [5.74, 6) is -0.765. The number of aryl methyl sites for hydroxylation is 3. The monoisotopic (exact) mass is 486 g/mol. The number of likely N-dealkylation sites (tertiary alicyclic amines) is 1. The lowest BCUT2D eigenvalue weighted by Crippen LogP contribution is -2.45. The minimum Gasteiger partial charge on any atom is -0.352 e. The van der Waals surface area contributed by atoms with Crippen molar-refractivity contribution in [2.45, 2.75) is 65.1 Å². The highest BCUT2D eigenvalue weighted by atomic mass is 16.2. The molecule has 0 aliphatic carbocycles. The lowest BCUT2D eigenvalue weighted by Gasteiger charge is -2.35. The summed E-state index contributed by atoms with van der Waals surface area (Å²) in [6, 6.07) is 13.7. The second kappa shape index (κ2) is 11.8. The first-order chi connectivity index (χ1) is 17.5. The molecule has 1 saturated heterocycles. The van der Waals surface area contributed by atoms with Crippen molar-refractivity contribution in [2.24, 2.45) is 0 Å². The average molecular weight is 487 g/mol. The summed E-state index contributed by atoms with van der Waals surface area (Å²) in [6.07, 6.45) is 9.30. The molecule has 1 unspecified atom stereocenters. The predicted octanol–water partition coefficient (Wildman–Crippen LogP) is 4.13. The molecule has 36 heavy (non-hydrogen) atoms. The van der Waals surface area contributed by atoms with Crippen LogP contribution in [0.2, 0.25) is 0 Å². The summed E-state index contributed by atoms with van der Waals surface area (Å²) < 4.78 is 1.77. The van der Waals surface area contributed by atoms with E-state index in [4.69, 9.17) is 0 Å². The van der Waals surface area contributed by atoms with Gasteiger partial charge >= 0.3 is 0 Å². The van der Waals surface area contributed by atoms with Crippen molar-refractivity contribution in [1.29, 1.82) is 0 Å². The molecule has 1 aromatic carbocycles. The Kier molecular flexibility index (Phi) is 8.31. The van der Waals surface area contributed by atoms with Crippen molar-refractivity contribution in [3.05, 3.63) is 99.2 Å². The minimum atomic E-state index is -0.518. The number of carbonyl (C=O) groups is 2. The van der Waals surface area contributed by atoms with Crippen molar-refractivity contribution in [1.82, 2.24) is 19.8 Å². The number of pyridine rings is 2. The van der Waals surface area contributed by atoms with Gasteiger partial charge < -0.3 is 14.8 Å². The van der Waals surface area contributed by atoms with E-state index < -0.39 is 11.3 Å². The van der Waals surface area contributed by atoms with Crippen molar-refractivity contribution in [2.75, 3.05) is 6.54 Å². The summed E-state index contributed by atoms with van der Waals surface area (Å²) >= 11 is 0. The highest BCUT2D eigenvalue weighted by molar-refractivity contribution is 5.99. The summed E-state index contributed by atoms with van der Waals surface area (Å²) in [5, 5.41) is 2.85. The molecule has 2 aromatic heterocycles. The van der Waals surface area contributed by atoms with Crippen molar-refractivity contribution < 1.29 is 9.59 Å². The van der Waals surface area contributed by atoms with E-state index in [0.29, 0.717) is 26.1 Å². The Morgan fingerprint density at radius 3 is 2.56 bits per heavy atom. The number of carbonyl (C=O) groups excluding carboxylic acids is 2. The van der Waals surface area contributed by atoms with Gasteiger partial charge in [-0.2, -0.15) is 0 Å². The number of nitrogens with zero attached hydrogens (tertiary/aromatic N) is 3. The third-order valence-electron chi connectivity index (χ3n) is 6.84. The first-order valence-corrected chi connectivity index (χ1v) is 12.7. The normalized spacial score (nSPS) is 15.5. The lowest BCUT2D eigenvalue weighted by molar-refractivity contribution is 0.0605. The van der Waals surface area contributed by atoms with E-state index in [2.05, 4.69) is 17.2 Å². The topological polar surface area (TPSA) is 84.3 Å². The molecular weight excluding hydrogens is 452 g/mol. The number of rotatable bonds is 8. The highest BCUT2D eigenvalue weighted by Crippen LogP contribution is 2.21. The van der Waals surface area contributed by atoms with Crippen LogP contribution < -0.4 is 10.7 Å². The van der Waals surface area contributed by atoms with Crippen LogP contribution in [0.25, 0.3) is 0 Å². The molecule has 7 heteroatoms. The Morgan fingerprint density at radius 1 is 1.06 bits per heavy atom. The first-order valence-electron chi connectivity index (χ1n) is 12.7. The fourth-order valence-electron chi connectivity index (χ4n) is 4.69. The van der Waals surface area contributed by atoms with Gasteiger partial charge in [0.2, 0.25) is 5.43 Å². The fourth-order valence-corrected chi connectivity index (χ4v) is 4.69. The van der Waals surface area contributed by atoms with E-state index in [0.717, 1.165) is 42.5 Å².